The fourth-order valence-corrected chi connectivity index (χ4v) is 1.65. The van der Waals surface area contributed by atoms with Crippen molar-refractivity contribution in [2.24, 2.45) is 0 Å². The summed E-state index contributed by atoms with van der Waals surface area (Å²) in [7, 11) is 0. The minimum atomic E-state index is 0.569. The van der Waals surface area contributed by atoms with Crippen molar-refractivity contribution >= 4 is 11.8 Å². The summed E-state index contributed by atoms with van der Waals surface area (Å²) < 4.78 is 0. The molecule has 0 bridgehead atoms. The standard InChI is InChI=1S/C11H20S/c1-6-7-10(4)11(5)12-8-9(2)3/h8,11H,4,6-7H2,1-3,5H3. The van der Waals surface area contributed by atoms with Crippen molar-refractivity contribution in [2.75, 3.05) is 0 Å². The molecule has 0 radical (unpaired) electrons. The molecule has 0 fully saturated rings. The molecule has 12 heavy (non-hydrogen) atoms. The van der Waals surface area contributed by atoms with E-state index in [0.29, 0.717) is 5.25 Å². The average Bonchev–Trinajstić information content (AvgIpc) is 2.00. The summed E-state index contributed by atoms with van der Waals surface area (Å²) in [4.78, 5) is 0. The van der Waals surface area contributed by atoms with Crippen LogP contribution in [0.4, 0.5) is 0 Å². The van der Waals surface area contributed by atoms with Gasteiger partial charge in [-0.3, -0.25) is 0 Å². The van der Waals surface area contributed by atoms with Gasteiger partial charge in [-0.15, -0.1) is 11.8 Å². The Morgan fingerprint density at radius 2 is 2.08 bits per heavy atom. The first kappa shape index (κ1) is 11.8. The Morgan fingerprint density at radius 1 is 1.50 bits per heavy atom. The maximum Gasteiger partial charge on any atom is 0.0266 e. The summed E-state index contributed by atoms with van der Waals surface area (Å²) in [6.07, 6.45) is 2.36. The van der Waals surface area contributed by atoms with E-state index in [1.807, 2.05) is 11.8 Å². The predicted molar refractivity (Wildman–Crippen MR) is 60.5 cm³/mol. The minimum Gasteiger partial charge on any atom is -0.127 e. The molecule has 0 aliphatic heterocycles. The number of allylic oxidation sites excluding steroid dienone is 1. The Hall–Kier alpha value is -0.170. The van der Waals surface area contributed by atoms with Crippen molar-refractivity contribution in [1.82, 2.24) is 0 Å². The molecular formula is C11H20S. The van der Waals surface area contributed by atoms with Crippen molar-refractivity contribution in [2.45, 2.75) is 45.8 Å². The lowest BCUT2D eigenvalue weighted by Gasteiger charge is -2.11. The molecule has 0 aliphatic carbocycles. The zero-order valence-electron chi connectivity index (χ0n) is 8.68. The highest BCUT2D eigenvalue weighted by Crippen LogP contribution is 2.22. The molecule has 0 aromatic rings. The second kappa shape index (κ2) is 6.36. The Morgan fingerprint density at radius 3 is 2.50 bits per heavy atom. The van der Waals surface area contributed by atoms with Crippen LogP contribution < -0.4 is 0 Å². The summed E-state index contributed by atoms with van der Waals surface area (Å²) in [6, 6.07) is 0. The molecule has 0 amide bonds. The number of thioether (sulfide) groups is 1. The van der Waals surface area contributed by atoms with E-state index in [1.54, 1.807) is 0 Å². The maximum absolute atomic E-state index is 4.07. The molecule has 1 unspecified atom stereocenters. The minimum absolute atomic E-state index is 0.569. The van der Waals surface area contributed by atoms with Gasteiger partial charge in [0.2, 0.25) is 0 Å². The first-order valence-electron chi connectivity index (χ1n) is 4.54. The van der Waals surface area contributed by atoms with E-state index in [1.165, 1.54) is 17.6 Å². The zero-order valence-corrected chi connectivity index (χ0v) is 9.50. The first-order chi connectivity index (χ1) is 5.57. The molecule has 0 nitrogen and oxygen atoms in total. The Kier molecular flexibility index (Phi) is 6.27. The van der Waals surface area contributed by atoms with E-state index in [-0.39, 0.29) is 0 Å². The molecule has 0 N–H and O–H groups in total. The first-order valence-corrected chi connectivity index (χ1v) is 5.48. The van der Waals surface area contributed by atoms with Gasteiger partial charge in [-0.05, 0) is 32.6 Å². The van der Waals surface area contributed by atoms with Crippen molar-refractivity contribution in [3.05, 3.63) is 23.1 Å². The summed E-state index contributed by atoms with van der Waals surface area (Å²) in [6.45, 7) is 12.7. The molecule has 0 spiro atoms. The third-order valence-electron chi connectivity index (χ3n) is 1.65. The van der Waals surface area contributed by atoms with Crippen LogP contribution in [0.25, 0.3) is 0 Å². The highest BCUT2D eigenvalue weighted by Gasteiger charge is 2.03. The van der Waals surface area contributed by atoms with E-state index in [0.717, 1.165) is 6.42 Å². The quantitative estimate of drug-likeness (QED) is 0.571. The normalized spacial score (nSPS) is 12.3. The van der Waals surface area contributed by atoms with Crippen LogP contribution in [0, 0.1) is 0 Å². The number of hydrogen-bond acceptors (Lipinski definition) is 1. The summed E-state index contributed by atoms with van der Waals surface area (Å²) in [5.74, 6) is 0. The van der Waals surface area contributed by atoms with Gasteiger partial charge in [0.1, 0.15) is 0 Å². The van der Waals surface area contributed by atoms with E-state index >= 15 is 0 Å². The van der Waals surface area contributed by atoms with Crippen LogP contribution >= 0.6 is 11.8 Å². The highest BCUT2D eigenvalue weighted by molar-refractivity contribution is 8.02. The lowest BCUT2D eigenvalue weighted by Crippen LogP contribution is -1.98. The van der Waals surface area contributed by atoms with Gasteiger partial charge in [0.05, 0.1) is 0 Å². The molecule has 1 atom stereocenters. The molecule has 70 valence electrons. The highest BCUT2D eigenvalue weighted by atomic mass is 32.2. The van der Waals surface area contributed by atoms with Crippen molar-refractivity contribution in [1.29, 1.82) is 0 Å². The van der Waals surface area contributed by atoms with Crippen LogP contribution in [0.1, 0.15) is 40.5 Å². The van der Waals surface area contributed by atoms with Crippen LogP contribution in [0.5, 0.6) is 0 Å². The molecule has 1 heteroatoms. The van der Waals surface area contributed by atoms with Crippen molar-refractivity contribution < 1.29 is 0 Å². The number of rotatable bonds is 5. The molecular weight excluding hydrogens is 164 g/mol. The van der Waals surface area contributed by atoms with Gasteiger partial charge >= 0.3 is 0 Å². The second-order valence-corrected chi connectivity index (χ2v) is 4.60. The average molecular weight is 184 g/mol. The monoisotopic (exact) mass is 184 g/mol. The van der Waals surface area contributed by atoms with Crippen LogP contribution in [0.3, 0.4) is 0 Å². The molecule has 0 saturated carbocycles. The third kappa shape index (κ3) is 5.48. The SMILES string of the molecule is C=C(CCC)C(C)SC=C(C)C. The van der Waals surface area contributed by atoms with Crippen molar-refractivity contribution in [3.8, 4) is 0 Å². The fourth-order valence-electron chi connectivity index (χ4n) is 0.859. The lowest BCUT2D eigenvalue weighted by molar-refractivity contribution is 0.872. The van der Waals surface area contributed by atoms with Gasteiger partial charge < -0.3 is 0 Å². The summed E-state index contributed by atoms with van der Waals surface area (Å²) in [5.41, 5.74) is 2.73. The molecule has 0 saturated heterocycles. The Labute approximate surface area is 81.1 Å². The Balaban J connectivity index is 3.79. The maximum atomic E-state index is 4.07. The Bertz CT molecular complexity index is 164. The van der Waals surface area contributed by atoms with Crippen LogP contribution in [0.2, 0.25) is 0 Å². The van der Waals surface area contributed by atoms with Gasteiger partial charge in [0, 0.05) is 5.25 Å². The predicted octanol–water partition coefficient (Wildman–Crippen LogP) is 4.39. The van der Waals surface area contributed by atoms with Crippen LogP contribution in [-0.4, -0.2) is 5.25 Å². The van der Waals surface area contributed by atoms with Gasteiger partial charge in [0.15, 0.2) is 0 Å². The molecule has 0 rings (SSSR count). The fraction of sp³-hybridized carbons (Fsp3) is 0.636. The largest absolute Gasteiger partial charge is 0.127 e. The van der Waals surface area contributed by atoms with Crippen LogP contribution in [0.15, 0.2) is 23.1 Å². The van der Waals surface area contributed by atoms with Crippen molar-refractivity contribution in [3.63, 3.8) is 0 Å². The van der Waals surface area contributed by atoms with E-state index in [2.05, 4.69) is 39.7 Å². The summed E-state index contributed by atoms with van der Waals surface area (Å²) >= 11 is 1.87. The van der Waals surface area contributed by atoms with E-state index < -0.39 is 0 Å². The second-order valence-electron chi connectivity index (χ2n) is 3.38. The van der Waals surface area contributed by atoms with Gasteiger partial charge in [0.25, 0.3) is 0 Å². The van der Waals surface area contributed by atoms with Gasteiger partial charge in [-0.25, -0.2) is 0 Å². The third-order valence-corrected chi connectivity index (χ3v) is 3.00. The molecule has 0 aromatic heterocycles. The van der Waals surface area contributed by atoms with E-state index in [9.17, 15) is 0 Å². The summed E-state index contributed by atoms with van der Waals surface area (Å²) in [5, 5.41) is 2.78. The molecule has 0 aromatic carbocycles. The van der Waals surface area contributed by atoms with Crippen LogP contribution in [-0.2, 0) is 0 Å². The molecule has 0 heterocycles. The van der Waals surface area contributed by atoms with Gasteiger partial charge in [-0.1, -0.05) is 31.1 Å². The zero-order chi connectivity index (χ0) is 9.56. The van der Waals surface area contributed by atoms with Gasteiger partial charge in [-0.2, -0.15) is 0 Å². The smallest absolute Gasteiger partial charge is 0.0266 e. The topological polar surface area (TPSA) is 0 Å². The lowest BCUT2D eigenvalue weighted by atomic mass is 10.1. The van der Waals surface area contributed by atoms with E-state index in [4.69, 9.17) is 0 Å². The molecule has 0 aliphatic rings. The number of hydrogen-bond donors (Lipinski definition) is 0.